The Morgan fingerprint density at radius 2 is 1.20 bits per heavy atom. The molecule has 1 aromatic rings. The Labute approximate surface area is 118 Å². The first kappa shape index (κ1) is 12.4. The van der Waals surface area contributed by atoms with Gasteiger partial charge >= 0.3 is 0 Å². The highest BCUT2D eigenvalue weighted by molar-refractivity contribution is 5.89. The largest absolute Gasteiger partial charge is 0.493 e. The Morgan fingerprint density at radius 3 is 1.50 bits per heavy atom. The molecule has 0 aliphatic heterocycles. The Morgan fingerprint density at radius 1 is 0.750 bits per heavy atom. The fourth-order valence-corrected chi connectivity index (χ4v) is 2.32. The molecule has 0 spiro atoms. The van der Waals surface area contributed by atoms with Crippen LogP contribution in [0.5, 0.6) is 11.5 Å². The third kappa shape index (κ3) is 2.04. The lowest BCUT2D eigenvalue weighted by Crippen LogP contribution is -1.96. The quantitative estimate of drug-likeness (QED) is 0.766. The van der Waals surface area contributed by atoms with Crippen molar-refractivity contribution in [3.63, 3.8) is 0 Å². The fraction of sp³-hybridized carbons (Fsp3) is 0.111. The summed E-state index contributed by atoms with van der Waals surface area (Å²) in [4.78, 5) is 0. The molecule has 2 aliphatic rings. The van der Waals surface area contributed by atoms with E-state index in [4.69, 9.17) is 9.47 Å². The molecule has 0 heterocycles. The number of hydrogen-bond acceptors (Lipinski definition) is 2. The lowest BCUT2D eigenvalue weighted by atomic mass is 9.95. The zero-order valence-corrected chi connectivity index (χ0v) is 11.4. The molecular formula is C18H14O2. The van der Waals surface area contributed by atoms with Gasteiger partial charge in [0.05, 0.1) is 14.2 Å². The van der Waals surface area contributed by atoms with E-state index in [1.807, 2.05) is 48.6 Å². The van der Waals surface area contributed by atoms with E-state index in [0.717, 1.165) is 22.3 Å². The van der Waals surface area contributed by atoms with Crippen LogP contribution in [0.15, 0.2) is 60.1 Å². The molecule has 0 saturated heterocycles. The number of benzene rings is 1. The fourth-order valence-electron chi connectivity index (χ4n) is 2.32. The van der Waals surface area contributed by atoms with Crippen LogP contribution < -0.4 is 9.47 Å². The van der Waals surface area contributed by atoms with E-state index in [9.17, 15) is 0 Å². The highest BCUT2D eigenvalue weighted by Gasteiger charge is 2.16. The molecule has 0 fully saturated rings. The van der Waals surface area contributed by atoms with Gasteiger partial charge in [-0.15, -0.1) is 11.5 Å². The normalized spacial score (nSPS) is 14.7. The summed E-state index contributed by atoms with van der Waals surface area (Å²) in [6, 6.07) is 3.97. The van der Waals surface area contributed by atoms with Crippen molar-refractivity contribution in [2.24, 2.45) is 0 Å². The second-order valence-corrected chi connectivity index (χ2v) is 4.42. The van der Waals surface area contributed by atoms with Gasteiger partial charge < -0.3 is 9.47 Å². The van der Waals surface area contributed by atoms with Crippen molar-refractivity contribution >= 4 is 11.1 Å². The maximum atomic E-state index is 5.40. The third-order valence-corrected chi connectivity index (χ3v) is 3.30. The molecule has 1 aromatic carbocycles. The van der Waals surface area contributed by atoms with Crippen LogP contribution in [0.3, 0.4) is 0 Å². The van der Waals surface area contributed by atoms with Gasteiger partial charge in [-0.1, -0.05) is 12.2 Å². The van der Waals surface area contributed by atoms with Crippen LogP contribution in [0.2, 0.25) is 0 Å². The van der Waals surface area contributed by atoms with Crippen molar-refractivity contribution in [3.05, 3.63) is 71.2 Å². The molecule has 0 radical (unpaired) electrons. The molecule has 0 bridgehead atoms. The second-order valence-electron chi connectivity index (χ2n) is 4.42. The summed E-state index contributed by atoms with van der Waals surface area (Å²) in [7, 11) is 3.29. The Hall–Kier alpha value is -2.66. The summed E-state index contributed by atoms with van der Waals surface area (Å²) in [5.74, 6) is 1.43. The van der Waals surface area contributed by atoms with E-state index < -0.39 is 0 Å². The molecule has 0 unspecified atom stereocenters. The van der Waals surface area contributed by atoms with Gasteiger partial charge in [-0.05, 0) is 36.4 Å². The SMILES string of the molecule is COc1cc(C2=C=CC=C2)c(C2=C=CC=C2)cc1OC. The molecule has 0 amide bonds. The van der Waals surface area contributed by atoms with Crippen LogP contribution in [0.1, 0.15) is 11.1 Å². The molecule has 20 heavy (non-hydrogen) atoms. The van der Waals surface area contributed by atoms with Gasteiger partial charge in [0.25, 0.3) is 0 Å². The zero-order valence-electron chi connectivity index (χ0n) is 11.4. The number of rotatable bonds is 4. The van der Waals surface area contributed by atoms with Crippen LogP contribution in [0.25, 0.3) is 11.1 Å². The Bertz CT molecular complexity index is 683. The van der Waals surface area contributed by atoms with Crippen molar-refractivity contribution in [3.8, 4) is 11.5 Å². The minimum absolute atomic E-state index is 0.715. The summed E-state index contributed by atoms with van der Waals surface area (Å²) in [6.07, 6.45) is 11.8. The molecule has 2 heteroatoms. The number of methoxy groups -OCH3 is 2. The molecule has 0 atom stereocenters. The van der Waals surface area contributed by atoms with Gasteiger partial charge in [0.15, 0.2) is 11.5 Å². The van der Waals surface area contributed by atoms with E-state index in [2.05, 4.69) is 11.5 Å². The minimum Gasteiger partial charge on any atom is -0.493 e. The van der Waals surface area contributed by atoms with Crippen molar-refractivity contribution in [2.45, 2.75) is 0 Å². The highest BCUT2D eigenvalue weighted by atomic mass is 16.5. The van der Waals surface area contributed by atoms with Gasteiger partial charge in [0, 0.05) is 22.3 Å². The summed E-state index contributed by atoms with van der Waals surface area (Å²) in [5.41, 5.74) is 10.7. The zero-order chi connectivity index (χ0) is 13.9. The van der Waals surface area contributed by atoms with Gasteiger partial charge in [0.1, 0.15) is 0 Å². The van der Waals surface area contributed by atoms with Gasteiger partial charge in [-0.2, -0.15) is 0 Å². The average Bonchev–Trinajstić information content (AvgIpc) is 3.18. The minimum atomic E-state index is 0.715. The van der Waals surface area contributed by atoms with Crippen LogP contribution in [-0.4, -0.2) is 14.2 Å². The molecule has 0 aromatic heterocycles. The second kappa shape index (κ2) is 5.14. The highest BCUT2D eigenvalue weighted by Crippen LogP contribution is 2.38. The molecule has 2 nitrogen and oxygen atoms in total. The monoisotopic (exact) mass is 262 g/mol. The molecule has 2 aliphatic carbocycles. The maximum absolute atomic E-state index is 5.40. The predicted molar refractivity (Wildman–Crippen MR) is 80.8 cm³/mol. The van der Waals surface area contributed by atoms with E-state index in [1.54, 1.807) is 14.2 Å². The number of allylic oxidation sites excluding steroid dienone is 6. The first-order chi connectivity index (χ1) is 9.83. The summed E-state index contributed by atoms with van der Waals surface area (Å²) >= 11 is 0. The molecule has 98 valence electrons. The standard InChI is InChI=1S/C18H14O2/c1-19-17-11-15(13-7-3-4-8-13)16(12-18(17)20-2)14-9-5-6-10-14/h3-7,9,11-12H,1-2H3. The number of ether oxygens (including phenoxy) is 2. The van der Waals surface area contributed by atoms with Crippen molar-refractivity contribution < 1.29 is 9.47 Å². The smallest absolute Gasteiger partial charge is 0.161 e. The van der Waals surface area contributed by atoms with E-state index in [1.165, 1.54) is 0 Å². The van der Waals surface area contributed by atoms with Gasteiger partial charge in [-0.3, -0.25) is 0 Å². The van der Waals surface area contributed by atoms with Crippen molar-refractivity contribution in [1.29, 1.82) is 0 Å². The predicted octanol–water partition coefficient (Wildman–Crippen LogP) is 3.92. The van der Waals surface area contributed by atoms with Crippen LogP contribution in [-0.2, 0) is 0 Å². The first-order valence-corrected chi connectivity index (χ1v) is 6.37. The lowest BCUT2D eigenvalue weighted by molar-refractivity contribution is 0.355. The van der Waals surface area contributed by atoms with Crippen molar-refractivity contribution in [1.82, 2.24) is 0 Å². The molecule has 0 N–H and O–H groups in total. The van der Waals surface area contributed by atoms with Gasteiger partial charge in [0.2, 0.25) is 0 Å². The average molecular weight is 262 g/mol. The Kier molecular flexibility index (Phi) is 3.18. The molecule has 0 saturated carbocycles. The summed E-state index contributed by atoms with van der Waals surface area (Å²) in [5, 5.41) is 0. The summed E-state index contributed by atoms with van der Waals surface area (Å²) < 4.78 is 10.8. The number of hydrogen-bond donors (Lipinski definition) is 0. The van der Waals surface area contributed by atoms with Crippen LogP contribution in [0.4, 0.5) is 0 Å². The van der Waals surface area contributed by atoms with E-state index in [-0.39, 0.29) is 0 Å². The lowest BCUT2D eigenvalue weighted by Gasteiger charge is -2.14. The van der Waals surface area contributed by atoms with E-state index >= 15 is 0 Å². The topological polar surface area (TPSA) is 18.5 Å². The van der Waals surface area contributed by atoms with Crippen LogP contribution >= 0.6 is 0 Å². The maximum Gasteiger partial charge on any atom is 0.161 e. The first-order valence-electron chi connectivity index (χ1n) is 6.37. The van der Waals surface area contributed by atoms with Crippen LogP contribution in [0, 0.1) is 0 Å². The summed E-state index contributed by atoms with van der Waals surface area (Å²) in [6.45, 7) is 0. The molecule has 3 rings (SSSR count). The Balaban J connectivity index is 2.25. The van der Waals surface area contributed by atoms with Crippen molar-refractivity contribution in [2.75, 3.05) is 14.2 Å². The van der Waals surface area contributed by atoms with Gasteiger partial charge in [-0.25, -0.2) is 0 Å². The molecular weight excluding hydrogens is 248 g/mol. The van der Waals surface area contributed by atoms with E-state index in [0.29, 0.717) is 11.5 Å². The third-order valence-electron chi connectivity index (χ3n) is 3.30.